The number of hydrogen-bond donors (Lipinski definition) is 1. The zero-order valence-corrected chi connectivity index (χ0v) is 14.1. The lowest BCUT2D eigenvalue weighted by Crippen LogP contribution is -2.21. The standard InChI is InChI=1S/C18H18ClNO4/c1-2-12-5-3-4-6-15(12)24-11-18(21)20-14-10-17-16(9-13(14)19)22-7-8-23-17/h3-6,9-10H,2,7-8,11H2,1H3,(H,20,21). The van der Waals surface area contributed by atoms with Crippen LogP contribution in [0.1, 0.15) is 12.5 Å². The van der Waals surface area contributed by atoms with Crippen LogP contribution in [-0.2, 0) is 11.2 Å². The first-order valence-electron chi connectivity index (χ1n) is 7.77. The molecule has 1 amide bonds. The Labute approximate surface area is 145 Å². The second-order valence-electron chi connectivity index (χ2n) is 5.27. The largest absolute Gasteiger partial charge is 0.486 e. The van der Waals surface area contributed by atoms with Crippen LogP contribution in [0.2, 0.25) is 5.02 Å². The second kappa shape index (κ2) is 7.45. The van der Waals surface area contributed by atoms with Crippen LogP contribution >= 0.6 is 11.6 Å². The van der Waals surface area contributed by atoms with Crippen molar-refractivity contribution < 1.29 is 19.0 Å². The van der Waals surface area contributed by atoms with Crippen LogP contribution in [0.5, 0.6) is 17.2 Å². The minimum absolute atomic E-state index is 0.0955. The van der Waals surface area contributed by atoms with Crippen molar-refractivity contribution in [2.45, 2.75) is 13.3 Å². The Balaban J connectivity index is 1.65. The van der Waals surface area contributed by atoms with Gasteiger partial charge in [0, 0.05) is 12.1 Å². The third-order valence-electron chi connectivity index (χ3n) is 3.62. The average Bonchev–Trinajstić information content (AvgIpc) is 2.61. The summed E-state index contributed by atoms with van der Waals surface area (Å²) in [5.74, 6) is 1.57. The summed E-state index contributed by atoms with van der Waals surface area (Å²) >= 11 is 6.18. The fourth-order valence-electron chi connectivity index (χ4n) is 2.43. The van der Waals surface area contributed by atoms with Gasteiger partial charge in [-0.2, -0.15) is 0 Å². The number of carbonyl (C=O) groups excluding carboxylic acids is 1. The summed E-state index contributed by atoms with van der Waals surface area (Å²) in [5, 5.41) is 3.13. The molecule has 0 radical (unpaired) electrons. The Morgan fingerprint density at radius 3 is 2.67 bits per heavy atom. The molecule has 1 aliphatic rings. The van der Waals surface area contributed by atoms with Gasteiger partial charge in [-0.25, -0.2) is 0 Å². The number of para-hydroxylation sites is 1. The number of rotatable bonds is 5. The molecule has 2 aromatic rings. The molecule has 2 aromatic carbocycles. The van der Waals surface area contributed by atoms with E-state index in [0.717, 1.165) is 12.0 Å². The van der Waals surface area contributed by atoms with Crippen LogP contribution in [0.3, 0.4) is 0 Å². The molecule has 0 aromatic heterocycles. The highest BCUT2D eigenvalue weighted by Crippen LogP contribution is 2.37. The Morgan fingerprint density at radius 2 is 1.92 bits per heavy atom. The van der Waals surface area contributed by atoms with E-state index in [1.165, 1.54) is 0 Å². The predicted molar refractivity (Wildman–Crippen MR) is 92.4 cm³/mol. The van der Waals surface area contributed by atoms with Crippen LogP contribution in [-0.4, -0.2) is 25.7 Å². The highest BCUT2D eigenvalue weighted by Gasteiger charge is 2.16. The summed E-state index contributed by atoms with van der Waals surface area (Å²) in [6.45, 7) is 2.90. The van der Waals surface area contributed by atoms with Crippen molar-refractivity contribution in [2.24, 2.45) is 0 Å². The maximum atomic E-state index is 12.1. The van der Waals surface area contributed by atoms with E-state index in [4.69, 9.17) is 25.8 Å². The summed E-state index contributed by atoms with van der Waals surface area (Å²) in [6, 6.07) is 11.0. The molecule has 0 saturated carbocycles. The van der Waals surface area contributed by atoms with Crippen LogP contribution < -0.4 is 19.5 Å². The molecule has 0 saturated heterocycles. The Kier molecular flexibility index (Phi) is 5.11. The molecule has 0 aliphatic carbocycles. The van der Waals surface area contributed by atoms with Gasteiger partial charge in [0.15, 0.2) is 18.1 Å². The van der Waals surface area contributed by atoms with Gasteiger partial charge in [-0.3, -0.25) is 4.79 Å². The molecule has 0 bridgehead atoms. The Bertz CT molecular complexity index is 748. The van der Waals surface area contributed by atoms with Gasteiger partial charge in [-0.05, 0) is 18.1 Å². The average molecular weight is 348 g/mol. The van der Waals surface area contributed by atoms with Crippen LogP contribution in [0.15, 0.2) is 36.4 Å². The highest BCUT2D eigenvalue weighted by molar-refractivity contribution is 6.34. The number of fused-ring (bicyclic) bond motifs is 1. The molecule has 126 valence electrons. The monoisotopic (exact) mass is 347 g/mol. The summed E-state index contributed by atoms with van der Waals surface area (Å²) in [6.07, 6.45) is 0.839. The quantitative estimate of drug-likeness (QED) is 0.896. The molecule has 0 fully saturated rings. The molecule has 1 heterocycles. The summed E-state index contributed by atoms with van der Waals surface area (Å²) in [7, 11) is 0. The molecule has 3 rings (SSSR count). The molecule has 5 nitrogen and oxygen atoms in total. The maximum absolute atomic E-state index is 12.1. The minimum atomic E-state index is -0.292. The van der Waals surface area contributed by atoms with E-state index in [9.17, 15) is 4.79 Å². The molecule has 6 heteroatoms. The third-order valence-corrected chi connectivity index (χ3v) is 3.93. The molecule has 24 heavy (non-hydrogen) atoms. The van der Waals surface area contributed by atoms with Crippen molar-refractivity contribution in [3.8, 4) is 17.2 Å². The molecule has 0 atom stereocenters. The maximum Gasteiger partial charge on any atom is 0.262 e. The van der Waals surface area contributed by atoms with E-state index in [1.54, 1.807) is 12.1 Å². The van der Waals surface area contributed by atoms with Gasteiger partial charge >= 0.3 is 0 Å². The zero-order valence-electron chi connectivity index (χ0n) is 13.3. The van der Waals surface area contributed by atoms with Gasteiger partial charge in [0.1, 0.15) is 19.0 Å². The molecule has 1 N–H and O–H groups in total. The SMILES string of the molecule is CCc1ccccc1OCC(=O)Nc1cc2c(cc1Cl)OCCO2. The van der Waals surface area contributed by atoms with Gasteiger partial charge in [0.05, 0.1) is 10.7 Å². The highest BCUT2D eigenvalue weighted by atomic mass is 35.5. The van der Waals surface area contributed by atoms with E-state index < -0.39 is 0 Å². The second-order valence-corrected chi connectivity index (χ2v) is 5.68. The van der Waals surface area contributed by atoms with Gasteiger partial charge < -0.3 is 19.5 Å². The smallest absolute Gasteiger partial charge is 0.262 e. The lowest BCUT2D eigenvalue weighted by molar-refractivity contribution is -0.118. The number of carbonyl (C=O) groups is 1. The van der Waals surface area contributed by atoms with Crippen molar-refractivity contribution >= 4 is 23.2 Å². The van der Waals surface area contributed by atoms with Crippen LogP contribution in [0.4, 0.5) is 5.69 Å². The van der Waals surface area contributed by atoms with E-state index in [2.05, 4.69) is 5.32 Å². The van der Waals surface area contributed by atoms with Crippen molar-refractivity contribution in [3.05, 3.63) is 47.0 Å². The molecule has 0 unspecified atom stereocenters. The van der Waals surface area contributed by atoms with E-state index >= 15 is 0 Å². The normalized spacial score (nSPS) is 12.6. The number of hydrogen-bond acceptors (Lipinski definition) is 4. The molecular formula is C18H18ClNO4. The van der Waals surface area contributed by atoms with E-state index in [0.29, 0.717) is 41.2 Å². The fourth-order valence-corrected chi connectivity index (χ4v) is 2.63. The van der Waals surface area contributed by atoms with Gasteiger partial charge in [-0.1, -0.05) is 36.7 Å². The number of benzene rings is 2. The zero-order chi connectivity index (χ0) is 16.9. The van der Waals surface area contributed by atoms with Crippen molar-refractivity contribution in [2.75, 3.05) is 25.1 Å². The van der Waals surface area contributed by atoms with Gasteiger partial charge in [0.2, 0.25) is 0 Å². The topological polar surface area (TPSA) is 56.8 Å². The first kappa shape index (κ1) is 16.5. The lowest BCUT2D eigenvalue weighted by atomic mass is 10.1. The summed E-state index contributed by atoms with van der Waals surface area (Å²) in [5.41, 5.74) is 1.53. The Morgan fingerprint density at radius 1 is 1.21 bits per heavy atom. The van der Waals surface area contributed by atoms with Crippen LogP contribution in [0.25, 0.3) is 0 Å². The fraction of sp³-hybridized carbons (Fsp3) is 0.278. The van der Waals surface area contributed by atoms with Crippen molar-refractivity contribution in [1.82, 2.24) is 0 Å². The van der Waals surface area contributed by atoms with E-state index in [-0.39, 0.29) is 12.5 Å². The van der Waals surface area contributed by atoms with Crippen molar-refractivity contribution in [3.63, 3.8) is 0 Å². The first-order chi connectivity index (χ1) is 11.7. The molecular weight excluding hydrogens is 330 g/mol. The number of aryl methyl sites for hydroxylation is 1. The van der Waals surface area contributed by atoms with E-state index in [1.807, 2.05) is 31.2 Å². The molecule has 0 spiro atoms. The predicted octanol–water partition coefficient (Wildman–Crippen LogP) is 3.69. The number of anilines is 1. The Hall–Kier alpha value is -2.40. The number of ether oxygens (including phenoxy) is 3. The third kappa shape index (κ3) is 3.74. The van der Waals surface area contributed by atoms with Gasteiger partial charge in [-0.15, -0.1) is 0 Å². The van der Waals surface area contributed by atoms with Crippen molar-refractivity contribution in [1.29, 1.82) is 0 Å². The van der Waals surface area contributed by atoms with Crippen LogP contribution in [0, 0.1) is 0 Å². The minimum Gasteiger partial charge on any atom is -0.486 e. The number of nitrogens with one attached hydrogen (secondary N) is 1. The molecule has 1 aliphatic heterocycles. The first-order valence-corrected chi connectivity index (χ1v) is 8.15. The summed E-state index contributed by atoms with van der Waals surface area (Å²) < 4.78 is 16.5. The summed E-state index contributed by atoms with van der Waals surface area (Å²) in [4.78, 5) is 12.1. The lowest BCUT2D eigenvalue weighted by Gasteiger charge is -2.20. The number of amides is 1. The number of halogens is 1. The van der Waals surface area contributed by atoms with Gasteiger partial charge in [0.25, 0.3) is 5.91 Å².